The Morgan fingerprint density at radius 1 is 1.15 bits per heavy atom. The maximum atomic E-state index is 14.6. The average Bonchev–Trinajstić information content (AvgIpc) is 3.41. The van der Waals surface area contributed by atoms with Crippen LogP contribution in [0.3, 0.4) is 0 Å². The molecule has 1 spiro atoms. The second kappa shape index (κ2) is 9.32. The summed E-state index contributed by atoms with van der Waals surface area (Å²) in [7, 11) is 0. The third-order valence-electron chi connectivity index (χ3n) is 7.56. The number of anilines is 1. The summed E-state index contributed by atoms with van der Waals surface area (Å²) in [6, 6.07) is 14.9. The molecule has 9 nitrogen and oxygen atoms in total. The first-order valence-electron chi connectivity index (χ1n) is 12.6. The topological polar surface area (TPSA) is 127 Å². The predicted molar refractivity (Wildman–Crippen MR) is 151 cm³/mol. The first kappa shape index (κ1) is 26.3. The van der Waals surface area contributed by atoms with Crippen molar-refractivity contribution in [2.75, 3.05) is 4.90 Å². The molecule has 2 N–H and O–H groups in total. The van der Waals surface area contributed by atoms with Gasteiger partial charge < -0.3 is 15.4 Å². The Bertz CT molecular complexity index is 1700. The first-order chi connectivity index (χ1) is 19.0. The number of ether oxygens (including phenoxy) is 1. The zero-order valence-corrected chi connectivity index (χ0v) is 24.1. The number of aromatic nitrogens is 3. The zero-order chi connectivity index (χ0) is 28.4. The van der Waals surface area contributed by atoms with E-state index in [0.29, 0.717) is 45.2 Å². The number of carbonyl (C=O) groups excluding carboxylic acids is 2. The number of ketones is 1. The van der Waals surface area contributed by atoms with E-state index in [9.17, 15) is 14.9 Å². The number of halogens is 2. The van der Waals surface area contributed by atoms with Gasteiger partial charge in [-0.25, -0.2) is 4.68 Å². The highest BCUT2D eigenvalue weighted by Crippen LogP contribution is 2.57. The van der Waals surface area contributed by atoms with Gasteiger partial charge in [-0.3, -0.25) is 9.59 Å². The molecule has 0 saturated heterocycles. The number of Topliss-reactive ketones (excluding diaryl/α,β-unsaturated/α-hetero) is 1. The highest BCUT2D eigenvalue weighted by atomic mass is 79.9. The molecule has 0 radical (unpaired) electrons. The highest BCUT2D eigenvalue weighted by Gasteiger charge is 2.63. The van der Waals surface area contributed by atoms with Crippen LogP contribution >= 0.6 is 27.5 Å². The van der Waals surface area contributed by atoms with Gasteiger partial charge in [0.15, 0.2) is 5.78 Å². The summed E-state index contributed by atoms with van der Waals surface area (Å²) < 4.78 is 8.25. The van der Waals surface area contributed by atoms with Crippen LogP contribution in [-0.4, -0.2) is 26.7 Å². The summed E-state index contributed by atoms with van der Waals surface area (Å²) in [5.74, 6) is -0.507. The number of nitrogens with zero attached hydrogens (tertiary/aromatic N) is 5. The summed E-state index contributed by atoms with van der Waals surface area (Å²) >= 11 is 9.51. The molecule has 6 rings (SSSR count). The van der Waals surface area contributed by atoms with Gasteiger partial charge >= 0.3 is 0 Å². The number of nitrogens with two attached hydrogens (primary N) is 1. The number of nitriles is 1. The Labute approximate surface area is 244 Å². The van der Waals surface area contributed by atoms with Crippen LogP contribution in [0.5, 0.6) is 0 Å². The van der Waals surface area contributed by atoms with E-state index >= 15 is 0 Å². The molecule has 1 aliphatic carbocycles. The van der Waals surface area contributed by atoms with Gasteiger partial charge in [-0.15, -0.1) is 5.10 Å². The Balaban J connectivity index is 1.45. The minimum absolute atomic E-state index is 0.0810. The summed E-state index contributed by atoms with van der Waals surface area (Å²) in [6.45, 7) is 4.48. The number of benzene rings is 2. The summed E-state index contributed by atoms with van der Waals surface area (Å²) in [5, 5.41) is 19.5. The van der Waals surface area contributed by atoms with Gasteiger partial charge in [-0.05, 0) is 41.3 Å². The van der Waals surface area contributed by atoms with Crippen molar-refractivity contribution in [2.45, 2.75) is 45.2 Å². The zero-order valence-electron chi connectivity index (χ0n) is 21.7. The Morgan fingerprint density at radius 2 is 1.90 bits per heavy atom. The molecule has 202 valence electrons. The van der Waals surface area contributed by atoms with E-state index in [2.05, 4.69) is 32.3 Å². The molecule has 2 aliphatic heterocycles. The van der Waals surface area contributed by atoms with E-state index in [-0.39, 0.29) is 41.2 Å². The van der Waals surface area contributed by atoms with Crippen LogP contribution in [0, 0.1) is 16.7 Å². The van der Waals surface area contributed by atoms with Crippen molar-refractivity contribution in [2.24, 2.45) is 11.1 Å². The molecular weight excluding hydrogens is 596 g/mol. The van der Waals surface area contributed by atoms with Gasteiger partial charge in [-0.2, -0.15) is 5.26 Å². The lowest BCUT2D eigenvalue weighted by molar-refractivity contribution is -0.125. The van der Waals surface area contributed by atoms with Crippen molar-refractivity contribution >= 4 is 44.9 Å². The summed E-state index contributed by atoms with van der Waals surface area (Å²) in [6.07, 6.45) is 2.39. The lowest BCUT2D eigenvalue weighted by Gasteiger charge is -2.41. The van der Waals surface area contributed by atoms with E-state index in [1.54, 1.807) is 27.9 Å². The Morgan fingerprint density at radius 3 is 2.62 bits per heavy atom. The number of hydrogen-bond acceptors (Lipinski definition) is 7. The molecule has 3 aromatic rings. The Kier molecular flexibility index (Phi) is 6.13. The van der Waals surface area contributed by atoms with Crippen molar-refractivity contribution in [3.05, 3.63) is 97.8 Å². The molecule has 1 aromatic heterocycles. The number of fused-ring (bicyclic) bond motifs is 3. The molecule has 0 fully saturated rings. The molecule has 3 aliphatic rings. The fourth-order valence-corrected chi connectivity index (χ4v) is 6.43. The number of allylic oxidation sites excluding steroid dienone is 1. The number of amides is 1. The monoisotopic (exact) mass is 618 g/mol. The van der Waals surface area contributed by atoms with Gasteiger partial charge in [-0.1, -0.05) is 58.7 Å². The van der Waals surface area contributed by atoms with Crippen LogP contribution in [0.4, 0.5) is 5.69 Å². The lowest BCUT2D eigenvalue weighted by Crippen LogP contribution is -2.50. The third-order valence-corrected chi connectivity index (χ3v) is 8.31. The van der Waals surface area contributed by atoms with Crippen LogP contribution in [0.15, 0.2) is 75.9 Å². The molecule has 1 amide bonds. The highest BCUT2D eigenvalue weighted by molar-refractivity contribution is 9.10. The fraction of sp³-hybridized carbons (Fsp3) is 0.276. The van der Waals surface area contributed by atoms with Crippen LogP contribution in [-0.2, 0) is 32.8 Å². The first-order valence-corrected chi connectivity index (χ1v) is 13.8. The molecule has 0 saturated carbocycles. The standard InChI is InChI=1S/C29H24BrClN6O3/c1-28(2)10-23(38)25-24(11-28)40-26(33)21(12-32)29(25)20-9-17(30)5-8-22(20)37(27(29)39)15-19-14-36(35-34-19)13-16-3-6-18(31)7-4-16/h3-9,14H,10-11,13,15,33H2,1-2H3. The van der Waals surface area contributed by atoms with Crippen molar-refractivity contribution in [1.82, 2.24) is 15.0 Å². The average molecular weight is 620 g/mol. The van der Waals surface area contributed by atoms with Gasteiger partial charge in [0.2, 0.25) is 11.8 Å². The third kappa shape index (κ3) is 4.03. The predicted octanol–water partition coefficient (Wildman–Crippen LogP) is 4.89. The molecule has 0 bridgehead atoms. The molecule has 40 heavy (non-hydrogen) atoms. The largest absolute Gasteiger partial charge is 0.444 e. The molecule has 1 atom stereocenters. The normalized spacial score (nSPS) is 21.4. The smallest absolute Gasteiger partial charge is 0.248 e. The van der Waals surface area contributed by atoms with Gasteiger partial charge in [0.25, 0.3) is 0 Å². The van der Waals surface area contributed by atoms with Gasteiger partial charge in [0.05, 0.1) is 24.9 Å². The minimum Gasteiger partial charge on any atom is -0.444 e. The van der Waals surface area contributed by atoms with Gasteiger partial charge in [0, 0.05) is 33.6 Å². The number of carbonyl (C=O) groups is 2. The van der Waals surface area contributed by atoms with E-state index in [4.69, 9.17) is 22.1 Å². The summed E-state index contributed by atoms with van der Waals surface area (Å²) in [4.78, 5) is 29.9. The molecule has 11 heteroatoms. The molecular formula is C29H24BrClN6O3. The molecule has 3 heterocycles. The second-order valence-corrected chi connectivity index (χ2v) is 12.4. The fourth-order valence-electron chi connectivity index (χ4n) is 5.94. The van der Waals surface area contributed by atoms with Crippen LogP contribution in [0.1, 0.15) is 43.5 Å². The van der Waals surface area contributed by atoms with Crippen LogP contribution < -0.4 is 10.6 Å². The second-order valence-electron chi connectivity index (χ2n) is 11.0. The van der Waals surface area contributed by atoms with E-state index in [0.717, 1.165) is 5.56 Å². The van der Waals surface area contributed by atoms with Crippen molar-refractivity contribution in [3.8, 4) is 6.07 Å². The van der Waals surface area contributed by atoms with Gasteiger partial charge in [0.1, 0.15) is 28.5 Å². The quantitative estimate of drug-likeness (QED) is 0.440. The van der Waals surface area contributed by atoms with Crippen LogP contribution in [0.2, 0.25) is 5.02 Å². The van der Waals surface area contributed by atoms with E-state index in [1.807, 2.05) is 44.2 Å². The maximum Gasteiger partial charge on any atom is 0.248 e. The van der Waals surface area contributed by atoms with Crippen LogP contribution in [0.25, 0.3) is 0 Å². The van der Waals surface area contributed by atoms with Crippen molar-refractivity contribution < 1.29 is 14.3 Å². The van der Waals surface area contributed by atoms with Crippen molar-refractivity contribution in [3.63, 3.8) is 0 Å². The van der Waals surface area contributed by atoms with E-state index < -0.39 is 11.3 Å². The maximum absolute atomic E-state index is 14.6. The lowest BCUT2D eigenvalue weighted by atomic mass is 9.62. The number of rotatable bonds is 4. The van der Waals surface area contributed by atoms with E-state index in [1.165, 1.54) is 0 Å². The Hall–Kier alpha value is -3.94. The minimum atomic E-state index is -1.71. The summed E-state index contributed by atoms with van der Waals surface area (Å²) in [5.41, 5.74) is 6.91. The molecule has 1 unspecified atom stereocenters. The number of hydrogen-bond donors (Lipinski definition) is 1. The molecule has 2 aromatic carbocycles. The van der Waals surface area contributed by atoms with Crippen molar-refractivity contribution in [1.29, 1.82) is 5.26 Å². The SMILES string of the molecule is CC1(C)CC(=O)C2=C(C1)OC(N)=C(C#N)C21C(=O)N(Cc2cn(Cc3ccc(Cl)cc3)nn2)c2ccc(Br)cc21.